The van der Waals surface area contributed by atoms with Crippen molar-refractivity contribution in [1.29, 1.82) is 0 Å². The van der Waals surface area contributed by atoms with Crippen LogP contribution in [-0.2, 0) is 0 Å². The first-order valence-corrected chi connectivity index (χ1v) is 20.1. The lowest BCUT2D eigenvalue weighted by Gasteiger charge is -2.10. The van der Waals surface area contributed by atoms with Gasteiger partial charge in [-0.1, -0.05) is 115 Å². The monoisotopic (exact) mass is 784 g/mol. The summed E-state index contributed by atoms with van der Waals surface area (Å²) >= 11 is 0. The molecule has 8 aromatic carbocycles. The van der Waals surface area contributed by atoms with Gasteiger partial charge in [-0.05, 0) is 90.0 Å². The molecule has 4 aromatic heterocycles. The van der Waals surface area contributed by atoms with E-state index in [1.807, 2.05) is 97.1 Å². The van der Waals surface area contributed by atoms with Crippen molar-refractivity contribution in [3.8, 4) is 73.9 Å². The van der Waals surface area contributed by atoms with Crippen LogP contribution in [0.15, 0.2) is 203 Å². The van der Waals surface area contributed by atoms with Crippen molar-refractivity contribution >= 4 is 44.0 Å². The molecular formula is C53H32N6O2. The lowest BCUT2D eigenvalue weighted by Crippen LogP contribution is -2.00. The van der Waals surface area contributed by atoms with E-state index >= 15 is 0 Å². The fraction of sp³-hybridized carbons (Fsp3) is 0. The molecule has 0 aliphatic carbocycles. The predicted octanol–water partition coefficient (Wildman–Crippen LogP) is 13.3. The van der Waals surface area contributed by atoms with Gasteiger partial charge in [-0.15, -0.1) is 0 Å². The summed E-state index contributed by atoms with van der Waals surface area (Å²) in [5, 5.41) is 2.42. The Balaban J connectivity index is 0.918. The fourth-order valence-electron chi connectivity index (χ4n) is 8.10. The van der Waals surface area contributed by atoms with E-state index in [1.54, 1.807) is 0 Å². The minimum atomic E-state index is 0.552. The van der Waals surface area contributed by atoms with Gasteiger partial charge < -0.3 is 13.4 Å². The average molecular weight is 785 g/mol. The van der Waals surface area contributed by atoms with Crippen molar-refractivity contribution < 1.29 is 8.83 Å². The lowest BCUT2D eigenvalue weighted by molar-refractivity contribution is 0.619. The van der Waals surface area contributed by atoms with Gasteiger partial charge in [0.05, 0.1) is 11.0 Å². The van der Waals surface area contributed by atoms with E-state index in [9.17, 15) is 0 Å². The fourth-order valence-corrected chi connectivity index (χ4v) is 8.10. The number of hydrogen-bond acceptors (Lipinski definition) is 7. The summed E-state index contributed by atoms with van der Waals surface area (Å²) < 4.78 is 14.4. The van der Waals surface area contributed by atoms with Crippen molar-refractivity contribution in [3.05, 3.63) is 194 Å². The van der Waals surface area contributed by atoms with Gasteiger partial charge in [-0.2, -0.15) is 0 Å². The molecule has 0 aliphatic rings. The molecule has 0 aliphatic heterocycles. The maximum absolute atomic E-state index is 6.05. The van der Waals surface area contributed by atoms with Crippen LogP contribution < -0.4 is 0 Å². The number of benzene rings is 8. The highest BCUT2D eigenvalue weighted by molar-refractivity contribution is 6.10. The van der Waals surface area contributed by atoms with Gasteiger partial charge in [0, 0.05) is 44.3 Å². The minimum Gasteiger partial charge on any atom is -0.436 e. The summed E-state index contributed by atoms with van der Waals surface area (Å²) in [6, 6.07) is 65.7. The van der Waals surface area contributed by atoms with E-state index in [1.165, 1.54) is 21.8 Å². The Hall–Kier alpha value is -8.49. The zero-order valence-electron chi connectivity index (χ0n) is 32.5. The molecule has 8 nitrogen and oxygen atoms in total. The van der Waals surface area contributed by atoms with Crippen LogP contribution in [0.25, 0.3) is 118 Å². The Morgan fingerprint density at radius 3 is 1.28 bits per heavy atom. The molecule has 0 radical (unpaired) electrons. The molecule has 286 valence electrons. The molecule has 0 saturated carbocycles. The summed E-state index contributed by atoms with van der Waals surface area (Å²) in [6.45, 7) is 0. The first-order chi connectivity index (χ1) is 30.2. The first-order valence-electron chi connectivity index (χ1n) is 20.1. The third-order valence-corrected chi connectivity index (χ3v) is 11.2. The Morgan fingerprint density at radius 2 is 0.738 bits per heavy atom. The van der Waals surface area contributed by atoms with Crippen LogP contribution in [0.1, 0.15) is 0 Å². The average Bonchev–Trinajstić information content (AvgIpc) is 4.06. The van der Waals surface area contributed by atoms with Crippen LogP contribution in [0.2, 0.25) is 0 Å². The van der Waals surface area contributed by atoms with Crippen molar-refractivity contribution in [2.24, 2.45) is 0 Å². The van der Waals surface area contributed by atoms with Crippen LogP contribution in [0.5, 0.6) is 0 Å². The van der Waals surface area contributed by atoms with Crippen molar-refractivity contribution in [2.45, 2.75) is 0 Å². The molecule has 0 fully saturated rings. The maximum Gasteiger partial charge on any atom is 0.227 e. The highest BCUT2D eigenvalue weighted by atomic mass is 16.4. The summed E-state index contributed by atoms with van der Waals surface area (Å²) in [5.74, 6) is 2.79. The smallest absolute Gasteiger partial charge is 0.227 e. The zero-order chi connectivity index (χ0) is 40.3. The molecule has 8 heteroatoms. The Bertz CT molecular complexity index is 3370. The van der Waals surface area contributed by atoms with Gasteiger partial charge in [0.1, 0.15) is 11.0 Å². The number of fused-ring (bicyclic) bond motifs is 5. The molecule has 0 saturated heterocycles. The van der Waals surface area contributed by atoms with Crippen molar-refractivity contribution in [2.75, 3.05) is 0 Å². The molecule has 0 unspecified atom stereocenters. The third kappa shape index (κ3) is 6.13. The summed E-state index contributed by atoms with van der Waals surface area (Å²) in [5.41, 5.74) is 13.1. The van der Waals surface area contributed by atoms with Crippen LogP contribution in [0.3, 0.4) is 0 Å². The molecule has 12 aromatic rings. The van der Waals surface area contributed by atoms with Gasteiger partial charge in [0.2, 0.25) is 11.8 Å². The zero-order valence-corrected chi connectivity index (χ0v) is 32.5. The van der Waals surface area contributed by atoms with E-state index in [4.69, 9.17) is 23.8 Å². The van der Waals surface area contributed by atoms with Gasteiger partial charge in [0.25, 0.3) is 0 Å². The van der Waals surface area contributed by atoms with E-state index in [2.05, 4.69) is 112 Å². The first kappa shape index (κ1) is 34.5. The molecule has 0 atom stereocenters. The van der Waals surface area contributed by atoms with Gasteiger partial charge in [0.15, 0.2) is 28.6 Å². The van der Waals surface area contributed by atoms with E-state index in [-0.39, 0.29) is 0 Å². The minimum absolute atomic E-state index is 0.552. The quantitative estimate of drug-likeness (QED) is 0.159. The number of hydrogen-bond donors (Lipinski definition) is 0. The predicted molar refractivity (Wildman–Crippen MR) is 242 cm³/mol. The summed E-state index contributed by atoms with van der Waals surface area (Å²) in [7, 11) is 0. The topological polar surface area (TPSA) is 95.7 Å². The van der Waals surface area contributed by atoms with Crippen LogP contribution >= 0.6 is 0 Å². The van der Waals surface area contributed by atoms with Crippen LogP contribution in [0, 0.1) is 0 Å². The third-order valence-electron chi connectivity index (χ3n) is 11.2. The van der Waals surface area contributed by atoms with Crippen molar-refractivity contribution in [3.63, 3.8) is 0 Å². The van der Waals surface area contributed by atoms with Gasteiger partial charge in [-0.25, -0.2) is 24.9 Å². The van der Waals surface area contributed by atoms with Crippen LogP contribution in [0.4, 0.5) is 0 Å². The Morgan fingerprint density at radius 1 is 0.311 bits per heavy atom. The molecule has 0 N–H and O–H groups in total. The second-order valence-corrected chi connectivity index (χ2v) is 14.9. The second kappa shape index (κ2) is 14.1. The SMILES string of the molecule is c1ccc(-n2c3ccccc3c3cc(-c4ccc(-c5nc(-c6ccc(-c7nc8ccccc8o7)cc6)nc(-c6ccc(-c7nc8ccccc8o7)cc6)n5)cc4)ccc32)cc1. The van der Waals surface area contributed by atoms with Gasteiger partial charge >= 0.3 is 0 Å². The van der Waals surface area contributed by atoms with Crippen LogP contribution in [-0.4, -0.2) is 29.5 Å². The molecule has 12 rings (SSSR count). The molecule has 0 bridgehead atoms. The number of nitrogens with zero attached hydrogens (tertiary/aromatic N) is 6. The van der Waals surface area contributed by atoms with Gasteiger partial charge in [-0.3, -0.25) is 0 Å². The molecular weight excluding hydrogens is 753 g/mol. The summed E-state index contributed by atoms with van der Waals surface area (Å²) in [6.07, 6.45) is 0. The number of oxazole rings is 2. The second-order valence-electron chi connectivity index (χ2n) is 14.9. The largest absolute Gasteiger partial charge is 0.436 e. The Kier molecular flexibility index (Phi) is 7.99. The van der Waals surface area contributed by atoms with E-state index in [0.29, 0.717) is 29.3 Å². The molecule has 61 heavy (non-hydrogen) atoms. The van der Waals surface area contributed by atoms with Crippen molar-refractivity contribution in [1.82, 2.24) is 29.5 Å². The summed E-state index contributed by atoms with van der Waals surface area (Å²) in [4.78, 5) is 24.5. The molecule has 0 amide bonds. The molecule has 0 spiro atoms. The lowest BCUT2D eigenvalue weighted by atomic mass is 10.0. The van der Waals surface area contributed by atoms with E-state index < -0.39 is 0 Å². The number of para-hydroxylation sites is 6. The normalized spacial score (nSPS) is 11.6. The highest BCUT2D eigenvalue weighted by Gasteiger charge is 2.17. The van der Waals surface area contributed by atoms with E-state index in [0.717, 1.165) is 66.8 Å². The Labute approximate surface area is 349 Å². The maximum atomic E-state index is 6.05. The number of rotatable bonds is 7. The molecule has 4 heterocycles. The highest BCUT2D eigenvalue weighted by Crippen LogP contribution is 2.36. The standard InChI is InChI=1S/C53H32N6O2/c1-2-10-40(11-3-1)59-45-15-7-4-12-41(45)42-32-39(30-31-46(42)59)33-18-20-34(21-19-33)49-56-50(35-22-26-37(27-23-35)52-54-43-13-5-8-16-47(43)60-52)58-51(57-49)36-24-28-38(29-25-36)53-55-44-14-6-9-17-48(44)61-53/h1-32H. The number of aromatic nitrogens is 6.